The van der Waals surface area contributed by atoms with E-state index in [0.717, 1.165) is 16.0 Å². The molecule has 7 nitrogen and oxygen atoms in total. The lowest BCUT2D eigenvalue weighted by atomic mass is 10.0. The van der Waals surface area contributed by atoms with Crippen LogP contribution in [0.5, 0.6) is 0 Å². The van der Waals surface area contributed by atoms with E-state index in [9.17, 15) is 19.2 Å². The van der Waals surface area contributed by atoms with Crippen molar-refractivity contribution in [2.45, 2.75) is 19.4 Å². The summed E-state index contributed by atoms with van der Waals surface area (Å²) in [6.45, 7) is 1.84. The highest BCUT2D eigenvalue weighted by Crippen LogP contribution is 2.16. The van der Waals surface area contributed by atoms with Crippen molar-refractivity contribution in [1.29, 1.82) is 0 Å². The quantitative estimate of drug-likeness (QED) is 0.588. The van der Waals surface area contributed by atoms with Gasteiger partial charge in [-0.15, -0.1) is 0 Å². The third-order valence-corrected chi connectivity index (χ3v) is 4.59. The SMILES string of the molecule is C[C@H](CNC(=O)CN1C(=O)C(=O)N(Cc2ccccc2)C1=O)c1ccccc1. The molecule has 2 aromatic carbocycles. The third-order valence-electron chi connectivity index (χ3n) is 4.59. The van der Waals surface area contributed by atoms with Gasteiger partial charge in [0.1, 0.15) is 6.54 Å². The van der Waals surface area contributed by atoms with Gasteiger partial charge in [0.25, 0.3) is 0 Å². The molecule has 1 heterocycles. The third kappa shape index (κ3) is 4.25. The monoisotopic (exact) mass is 379 g/mol. The molecular formula is C21H21N3O4. The predicted octanol–water partition coefficient (Wildman–Crippen LogP) is 1.90. The molecule has 28 heavy (non-hydrogen) atoms. The summed E-state index contributed by atoms with van der Waals surface area (Å²) in [6.07, 6.45) is 0. The number of carbonyl (C=O) groups is 4. The Hall–Kier alpha value is -3.48. The molecule has 1 fully saturated rings. The Labute approximate surface area is 162 Å². The molecule has 3 rings (SSSR count). The van der Waals surface area contributed by atoms with Crippen LogP contribution in [0.4, 0.5) is 4.79 Å². The highest BCUT2D eigenvalue weighted by atomic mass is 16.2. The number of urea groups is 1. The second-order valence-electron chi connectivity index (χ2n) is 6.67. The van der Waals surface area contributed by atoms with E-state index in [0.29, 0.717) is 11.4 Å². The van der Waals surface area contributed by atoms with E-state index >= 15 is 0 Å². The number of nitrogens with zero attached hydrogens (tertiary/aromatic N) is 2. The Kier molecular flexibility index (Phi) is 5.84. The number of amides is 5. The fraction of sp³-hybridized carbons (Fsp3) is 0.238. The lowest BCUT2D eigenvalue weighted by molar-refractivity contribution is -0.144. The van der Waals surface area contributed by atoms with Crippen LogP contribution in [0.1, 0.15) is 24.0 Å². The van der Waals surface area contributed by atoms with Crippen LogP contribution in [-0.4, -0.2) is 46.6 Å². The summed E-state index contributed by atoms with van der Waals surface area (Å²) in [7, 11) is 0. The second-order valence-corrected chi connectivity index (χ2v) is 6.67. The Bertz CT molecular complexity index is 883. The molecule has 0 unspecified atom stereocenters. The van der Waals surface area contributed by atoms with Crippen LogP contribution in [0.15, 0.2) is 60.7 Å². The number of hydrogen-bond donors (Lipinski definition) is 1. The van der Waals surface area contributed by atoms with Crippen molar-refractivity contribution in [1.82, 2.24) is 15.1 Å². The summed E-state index contributed by atoms with van der Waals surface area (Å²) in [5.74, 6) is -2.31. The zero-order valence-electron chi connectivity index (χ0n) is 15.5. The van der Waals surface area contributed by atoms with Crippen LogP contribution in [-0.2, 0) is 20.9 Å². The molecule has 5 amide bonds. The first kappa shape index (κ1) is 19.3. The molecule has 144 valence electrons. The summed E-state index contributed by atoms with van der Waals surface area (Å²) < 4.78 is 0. The molecule has 0 aliphatic carbocycles. The molecule has 1 N–H and O–H groups in total. The van der Waals surface area contributed by atoms with Gasteiger partial charge in [-0.25, -0.2) is 9.69 Å². The van der Waals surface area contributed by atoms with Gasteiger partial charge in [0.15, 0.2) is 0 Å². The maximum atomic E-state index is 12.5. The molecule has 7 heteroatoms. The van der Waals surface area contributed by atoms with Crippen LogP contribution >= 0.6 is 0 Å². The number of rotatable bonds is 7. The van der Waals surface area contributed by atoms with Crippen LogP contribution < -0.4 is 5.32 Å². The number of carbonyl (C=O) groups excluding carboxylic acids is 4. The van der Waals surface area contributed by atoms with Crippen molar-refractivity contribution in [2.24, 2.45) is 0 Å². The maximum absolute atomic E-state index is 12.5. The van der Waals surface area contributed by atoms with Crippen molar-refractivity contribution in [3.8, 4) is 0 Å². The predicted molar refractivity (Wildman–Crippen MR) is 102 cm³/mol. The Morgan fingerprint density at radius 1 is 0.893 bits per heavy atom. The van der Waals surface area contributed by atoms with Gasteiger partial charge in [-0.05, 0) is 17.0 Å². The van der Waals surface area contributed by atoms with Gasteiger partial charge >= 0.3 is 17.8 Å². The van der Waals surface area contributed by atoms with Gasteiger partial charge in [-0.1, -0.05) is 67.6 Å². The van der Waals surface area contributed by atoms with Gasteiger partial charge in [0.2, 0.25) is 5.91 Å². The largest absolute Gasteiger partial charge is 0.354 e. The first-order valence-corrected chi connectivity index (χ1v) is 9.00. The number of imide groups is 2. The van der Waals surface area contributed by atoms with E-state index in [4.69, 9.17) is 0 Å². The highest BCUT2D eigenvalue weighted by Gasteiger charge is 2.45. The van der Waals surface area contributed by atoms with Gasteiger partial charge in [0, 0.05) is 6.54 Å². The minimum Gasteiger partial charge on any atom is -0.354 e. The highest BCUT2D eigenvalue weighted by molar-refractivity contribution is 6.44. The Balaban J connectivity index is 1.57. The maximum Gasteiger partial charge on any atom is 0.335 e. The van der Waals surface area contributed by atoms with Crippen LogP contribution in [0.2, 0.25) is 0 Å². The number of hydrogen-bond acceptors (Lipinski definition) is 4. The summed E-state index contributed by atoms with van der Waals surface area (Å²) in [5, 5.41) is 2.71. The number of nitrogens with one attached hydrogen (secondary N) is 1. The fourth-order valence-corrected chi connectivity index (χ4v) is 2.96. The topological polar surface area (TPSA) is 86.8 Å². The summed E-state index contributed by atoms with van der Waals surface area (Å²) in [6, 6.07) is 17.8. The zero-order valence-corrected chi connectivity index (χ0v) is 15.5. The van der Waals surface area contributed by atoms with Crippen molar-refractivity contribution in [3.05, 3.63) is 71.8 Å². The van der Waals surface area contributed by atoms with Gasteiger partial charge in [-0.3, -0.25) is 19.3 Å². The van der Waals surface area contributed by atoms with Crippen LogP contribution in [0.25, 0.3) is 0 Å². The molecule has 1 saturated heterocycles. The molecular weight excluding hydrogens is 358 g/mol. The molecule has 0 spiro atoms. The van der Waals surface area contributed by atoms with E-state index in [1.807, 2.05) is 43.3 Å². The van der Waals surface area contributed by atoms with E-state index in [2.05, 4.69) is 5.32 Å². The molecule has 0 aromatic heterocycles. The molecule has 1 atom stereocenters. The van der Waals surface area contributed by atoms with Gasteiger partial charge in [-0.2, -0.15) is 0 Å². The fourth-order valence-electron chi connectivity index (χ4n) is 2.96. The lowest BCUT2D eigenvalue weighted by Gasteiger charge is -2.17. The van der Waals surface area contributed by atoms with Gasteiger partial charge in [0.05, 0.1) is 6.54 Å². The van der Waals surface area contributed by atoms with E-state index in [1.54, 1.807) is 24.3 Å². The molecule has 0 bridgehead atoms. The standard InChI is InChI=1S/C21H21N3O4/c1-15(17-10-6-3-7-11-17)12-22-18(25)14-24-20(27)19(26)23(21(24)28)13-16-8-4-2-5-9-16/h2-11,15H,12-14H2,1H3,(H,22,25)/t15-/m1/s1. The van der Waals surface area contributed by atoms with Gasteiger partial charge < -0.3 is 5.32 Å². The van der Waals surface area contributed by atoms with Crippen LogP contribution in [0.3, 0.4) is 0 Å². The van der Waals surface area contributed by atoms with Crippen LogP contribution in [0, 0.1) is 0 Å². The Morgan fingerprint density at radius 2 is 1.46 bits per heavy atom. The summed E-state index contributed by atoms with van der Waals surface area (Å²) in [5.41, 5.74) is 1.79. The van der Waals surface area contributed by atoms with Crippen molar-refractivity contribution < 1.29 is 19.2 Å². The van der Waals surface area contributed by atoms with Crippen molar-refractivity contribution in [2.75, 3.05) is 13.1 Å². The van der Waals surface area contributed by atoms with Crippen molar-refractivity contribution in [3.63, 3.8) is 0 Å². The minimum atomic E-state index is -0.979. The zero-order chi connectivity index (χ0) is 20.1. The average molecular weight is 379 g/mol. The van der Waals surface area contributed by atoms with E-state index in [-0.39, 0.29) is 12.5 Å². The average Bonchev–Trinajstić information content (AvgIpc) is 2.91. The molecule has 2 aromatic rings. The summed E-state index contributed by atoms with van der Waals surface area (Å²) >= 11 is 0. The normalized spacial score (nSPS) is 15.1. The van der Waals surface area contributed by atoms with Crippen molar-refractivity contribution >= 4 is 23.8 Å². The lowest BCUT2D eigenvalue weighted by Crippen LogP contribution is -2.42. The second kappa shape index (κ2) is 8.47. The molecule has 0 radical (unpaired) electrons. The number of benzene rings is 2. The smallest absolute Gasteiger partial charge is 0.335 e. The molecule has 1 aliphatic heterocycles. The Morgan fingerprint density at radius 3 is 2.11 bits per heavy atom. The molecule has 0 saturated carbocycles. The van der Waals surface area contributed by atoms with E-state index < -0.39 is 30.3 Å². The first-order valence-electron chi connectivity index (χ1n) is 9.00. The molecule has 1 aliphatic rings. The first-order chi connectivity index (χ1) is 13.5. The summed E-state index contributed by atoms with van der Waals surface area (Å²) in [4.78, 5) is 50.5. The minimum absolute atomic E-state index is 0.00654. The van der Waals surface area contributed by atoms with E-state index in [1.165, 1.54) is 0 Å².